The molecule has 24 heavy (non-hydrogen) atoms. The summed E-state index contributed by atoms with van der Waals surface area (Å²) >= 11 is 0. The van der Waals surface area contributed by atoms with E-state index in [2.05, 4.69) is 4.90 Å². The molecular formula is C17H27N3O4. The second-order valence-electron chi connectivity index (χ2n) is 5.76. The minimum absolute atomic E-state index is 0.0378. The van der Waals surface area contributed by atoms with Crippen LogP contribution in [-0.2, 0) is 9.53 Å². The van der Waals surface area contributed by atoms with Gasteiger partial charge >= 0.3 is 0 Å². The van der Waals surface area contributed by atoms with Crippen LogP contribution in [0.1, 0.15) is 0 Å². The lowest BCUT2D eigenvalue weighted by Gasteiger charge is -2.35. The van der Waals surface area contributed by atoms with Crippen molar-refractivity contribution >= 4 is 5.91 Å². The summed E-state index contributed by atoms with van der Waals surface area (Å²) in [6.07, 6.45) is 0. The zero-order chi connectivity index (χ0) is 17.4. The molecule has 1 aliphatic rings. The highest BCUT2D eigenvalue weighted by Gasteiger charge is 2.24. The zero-order valence-electron chi connectivity index (χ0n) is 14.4. The quantitative estimate of drug-likeness (QED) is 0.730. The van der Waals surface area contributed by atoms with Crippen molar-refractivity contribution in [1.82, 2.24) is 9.80 Å². The summed E-state index contributed by atoms with van der Waals surface area (Å²) in [5.41, 5.74) is 5.80. The molecule has 1 atom stereocenters. The van der Waals surface area contributed by atoms with Gasteiger partial charge in [-0.05, 0) is 12.1 Å². The second kappa shape index (κ2) is 9.46. The molecule has 1 aromatic carbocycles. The van der Waals surface area contributed by atoms with Gasteiger partial charge in [0.15, 0.2) is 0 Å². The first-order valence-electron chi connectivity index (χ1n) is 8.16. The number of amides is 1. The average Bonchev–Trinajstić information content (AvgIpc) is 2.62. The van der Waals surface area contributed by atoms with E-state index >= 15 is 0 Å². The van der Waals surface area contributed by atoms with Crippen LogP contribution in [0.2, 0.25) is 0 Å². The number of ether oxygens (including phenoxy) is 3. The Morgan fingerprint density at radius 3 is 2.58 bits per heavy atom. The average molecular weight is 337 g/mol. The number of hydrogen-bond acceptors (Lipinski definition) is 6. The van der Waals surface area contributed by atoms with Gasteiger partial charge in [-0.15, -0.1) is 0 Å². The summed E-state index contributed by atoms with van der Waals surface area (Å²) in [6, 6.07) is 7.00. The topological polar surface area (TPSA) is 77.3 Å². The number of nitrogens with two attached hydrogens (primary N) is 1. The third-order valence-corrected chi connectivity index (χ3v) is 4.06. The maximum Gasteiger partial charge on any atom is 0.241 e. The number of hydrogen-bond donors (Lipinski definition) is 1. The maximum absolute atomic E-state index is 12.1. The molecule has 0 radical (unpaired) electrons. The highest BCUT2D eigenvalue weighted by molar-refractivity contribution is 5.81. The molecule has 7 heteroatoms. The molecule has 0 aliphatic carbocycles. The van der Waals surface area contributed by atoms with Crippen LogP contribution in [0.4, 0.5) is 0 Å². The van der Waals surface area contributed by atoms with E-state index in [-0.39, 0.29) is 12.5 Å². The Labute approximate surface area is 143 Å². The van der Waals surface area contributed by atoms with E-state index in [1.54, 1.807) is 14.2 Å². The smallest absolute Gasteiger partial charge is 0.241 e. The van der Waals surface area contributed by atoms with Crippen LogP contribution in [0.25, 0.3) is 0 Å². The van der Waals surface area contributed by atoms with Gasteiger partial charge in [0.2, 0.25) is 5.91 Å². The molecule has 0 spiro atoms. The Bertz CT molecular complexity index is 518. The van der Waals surface area contributed by atoms with E-state index in [0.717, 1.165) is 31.1 Å². The highest BCUT2D eigenvalue weighted by Crippen LogP contribution is 2.18. The van der Waals surface area contributed by atoms with Crippen LogP contribution in [-0.4, -0.2) is 81.9 Å². The van der Waals surface area contributed by atoms with Gasteiger partial charge in [0.05, 0.1) is 13.7 Å². The van der Waals surface area contributed by atoms with Gasteiger partial charge in [-0.1, -0.05) is 6.07 Å². The molecule has 1 amide bonds. The molecule has 1 fully saturated rings. The van der Waals surface area contributed by atoms with E-state index in [9.17, 15) is 4.79 Å². The van der Waals surface area contributed by atoms with Crippen LogP contribution < -0.4 is 15.2 Å². The van der Waals surface area contributed by atoms with Gasteiger partial charge in [0, 0.05) is 45.9 Å². The van der Waals surface area contributed by atoms with Crippen LogP contribution in [0.15, 0.2) is 24.3 Å². The molecule has 1 saturated heterocycles. The number of benzene rings is 1. The minimum atomic E-state index is -0.571. The standard InChI is InChI=1S/C17H27N3O4/c1-22-13-16(18)17(21)20-8-6-19(7-9-20)10-11-24-15-5-3-4-14(12-15)23-2/h3-5,12,16H,6-11,13,18H2,1-2H3. The first kappa shape index (κ1) is 18.5. The maximum atomic E-state index is 12.1. The number of piperazine rings is 1. The molecule has 2 rings (SSSR count). The molecule has 134 valence electrons. The van der Waals surface area contributed by atoms with Crippen molar-refractivity contribution in [2.45, 2.75) is 6.04 Å². The van der Waals surface area contributed by atoms with Gasteiger partial charge < -0.3 is 24.8 Å². The minimum Gasteiger partial charge on any atom is -0.497 e. The fraction of sp³-hybridized carbons (Fsp3) is 0.588. The lowest BCUT2D eigenvalue weighted by Crippen LogP contribution is -2.54. The summed E-state index contributed by atoms with van der Waals surface area (Å²) in [5, 5.41) is 0. The van der Waals surface area contributed by atoms with Gasteiger partial charge in [-0.3, -0.25) is 9.69 Å². The largest absolute Gasteiger partial charge is 0.497 e. The van der Waals surface area contributed by atoms with Gasteiger partial charge in [0.25, 0.3) is 0 Å². The van der Waals surface area contributed by atoms with Crippen molar-refractivity contribution < 1.29 is 19.0 Å². The second-order valence-corrected chi connectivity index (χ2v) is 5.76. The molecule has 2 N–H and O–H groups in total. The molecule has 1 heterocycles. The molecule has 1 aliphatic heterocycles. The summed E-state index contributed by atoms with van der Waals surface area (Å²) in [4.78, 5) is 16.2. The Kier molecular flexibility index (Phi) is 7.30. The first-order chi connectivity index (χ1) is 11.6. The fourth-order valence-electron chi connectivity index (χ4n) is 2.66. The van der Waals surface area contributed by atoms with Crippen molar-refractivity contribution in [2.24, 2.45) is 5.73 Å². The van der Waals surface area contributed by atoms with Crippen molar-refractivity contribution in [3.8, 4) is 11.5 Å². The highest BCUT2D eigenvalue weighted by atomic mass is 16.5. The summed E-state index contributed by atoms with van der Waals surface area (Å²) in [5.74, 6) is 1.55. The molecule has 0 saturated carbocycles. The van der Waals surface area contributed by atoms with Crippen molar-refractivity contribution in [1.29, 1.82) is 0 Å². The molecule has 0 bridgehead atoms. The zero-order valence-corrected chi connectivity index (χ0v) is 14.4. The van der Waals surface area contributed by atoms with E-state index < -0.39 is 6.04 Å². The normalized spacial score (nSPS) is 16.7. The number of carbonyl (C=O) groups is 1. The third-order valence-electron chi connectivity index (χ3n) is 4.06. The van der Waals surface area contributed by atoms with Gasteiger partial charge in [-0.25, -0.2) is 0 Å². The predicted octanol–water partition coefficient (Wildman–Crippen LogP) is 0.192. The van der Waals surface area contributed by atoms with E-state index in [1.807, 2.05) is 29.2 Å². The summed E-state index contributed by atoms with van der Waals surface area (Å²) in [6.45, 7) is 4.71. The lowest BCUT2D eigenvalue weighted by molar-refractivity contribution is -0.135. The SMILES string of the molecule is COCC(N)C(=O)N1CCN(CCOc2cccc(OC)c2)CC1. The van der Waals surface area contributed by atoms with Gasteiger partial charge in [0.1, 0.15) is 24.1 Å². The predicted molar refractivity (Wildman–Crippen MR) is 91.4 cm³/mol. The van der Waals surface area contributed by atoms with E-state index in [1.165, 1.54) is 0 Å². The summed E-state index contributed by atoms with van der Waals surface area (Å²) < 4.78 is 15.9. The fourth-order valence-corrected chi connectivity index (χ4v) is 2.66. The lowest BCUT2D eigenvalue weighted by atomic mass is 10.2. The Morgan fingerprint density at radius 1 is 1.21 bits per heavy atom. The molecule has 1 unspecified atom stereocenters. The Morgan fingerprint density at radius 2 is 1.92 bits per heavy atom. The van der Waals surface area contributed by atoms with Crippen LogP contribution in [0, 0.1) is 0 Å². The van der Waals surface area contributed by atoms with Crippen molar-refractivity contribution in [3.63, 3.8) is 0 Å². The molecular weight excluding hydrogens is 310 g/mol. The number of methoxy groups -OCH3 is 2. The number of nitrogens with zero attached hydrogens (tertiary/aromatic N) is 2. The van der Waals surface area contributed by atoms with Crippen LogP contribution >= 0.6 is 0 Å². The first-order valence-corrected chi connectivity index (χ1v) is 8.16. The molecule has 1 aromatic rings. The monoisotopic (exact) mass is 337 g/mol. The number of carbonyl (C=O) groups excluding carboxylic acids is 1. The molecule has 7 nitrogen and oxygen atoms in total. The Balaban J connectivity index is 1.68. The van der Waals surface area contributed by atoms with Crippen LogP contribution in [0.5, 0.6) is 11.5 Å². The van der Waals surface area contributed by atoms with Crippen molar-refractivity contribution in [2.75, 3.05) is 60.2 Å². The van der Waals surface area contributed by atoms with E-state index in [0.29, 0.717) is 19.7 Å². The number of rotatable bonds is 8. The third kappa shape index (κ3) is 5.36. The molecule has 0 aromatic heterocycles. The Hall–Kier alpha value is -1.83. The van der Waals surface area contributed by atoms with Crippen LogP contribution in [0.3, 0.4) is 0 Å². The summed E-state index contributed by atoms with van der Waals surface area (Å²) in [7, 11) is 3.19. The van der Waals surface area contributed by atoms with E-state index in [4.69, 9.17) is 19.9 Å². The van der Waals surface area contributed by atoms with Crippen molar-refractivity contribution in [3.05, 3.63) is 24.3 Å². The van der Waals surface area contributed by atoms with Gasteiger partial charge in [-0.2, -0.15) is 0 Å².